The first-order chi connectivity index (χ1) is 7.04. The normalized spacial score (nSPS) is 23.7. The lowest BCUT2D eigenvalue weighted by molar-refractivity contribution is 0.0600. The quantitative estimate of drug-likeness (QED) is 0.708. The van der Waals surface area contributed by atoms with Gasteiger partial charge in [0.2, 0.25) is 0 Å². The van der Waals surface area contributed by atoms with Crippen LogP contribution in [0.3, 0.4) is 0 Å². The van der Waals surface area contributed by atoms with Gasteiger partial charge in [-0.1, -0.05) is 6.07 Å². The highest BCUT2D eigenvalue weighted by molar-refractivity contribution is 5.89. The average Bonchev–Trinajstić information content (AvgIpc) is 2.53. The third kappa shape index (κ3) is 1.63. The minimum absolute atomic E-state index is 0.246. The highest BCUT2D eigenvalue weighted by Gasteiger charge is 2.30. The molecule has 0 amide bonds. The first-order valence-electron chi connectivity index (χ1n) is 5.05. The Balaban J connectivity index is 2.42. The van der Waals surface area contributed by atoms with Crippen LogP contribution in [0.1, 0.15) is 34.8 Å². The zero-order valence-electron chi connectivity index (χ0n) is 9.04. The molecular weight excluding hydrogens is 190 g/mol. The summed E-state index contributed by atoms with van der Waals surface area (Å²) in [4.78, 5) is 11.3. The fourth-order valence-corrected chi connectivity index (χ4v) is 2.13. The highest BCUT2D eigenvalue weighted by Crippen LogP contribution is 2.34. The van der Waals surface area contributed by atoms with Crippen LogP contribution >= 0.6 is 0 Å². The first kappa shape index (κ1) is 10.2. The van der Waals surface area contributed by atoms with Crippen molar-refractivity contribution in [2.24, 2.45) is 5.73 Å². The number of ether oxygens (including phenoxy) is 1. The first-order valence-corrected chi connectivity index (χ1v) is 5.05. The van der Waals surface area contributed by atoms with Gasteiger partial charge in [-0.25, -0.2) is 4.79 Å². The van der Waals surface area contributed by atoms with E-state index in [1.807, 2.05) is 19.1 Å². The molecule has 15 heavy (non-hydrogen) atoms. The Morgan fingerprint density at radius 1 is 1.53 bits per heavy atom. The van der Waals surface area contributed by atoms with Gasteiger partial charge in [0.05, 0.1) is 12.7 Å². The van der Waals surface area contributed by atoms with Crippen molar-refractivity contribution < 1.29 is 9.53 Å². The van der Waals surface area contributed by atoms with Crippen LogP contribution in [0.2, 0.25) is 0 Å². The Bertz CT molecular complexity index is 410. The van der Waals surface area contributed by atoms with Crippen LogP contribution in [0.5, 0.6) is 0 Å². The molecule has 1 aliphatic carbocycles. The van der Waals surface area contributed by atoms with Gasteiger partial charge in [0.15, 0.2) is 0 Å². The summed E-state index contributed by atoms with van der Waals surface area (Å²) in [6.45, 7) is 2.02. The van der Waals surface area contributed by atoms with E-state index in [0.29, 0.717) is 5.56 Å². The van der Waals surface area contributed by atoms with Crippen LogP contribution in [-0.4, -0.2) is 13.1 Å². The standard InChI is InChI=1S/C12H15NO2/c1-12(13)6-5-8-7-9(11(14)15-2)3-4-10(8)12/h3-4,7H,5-6,13H2,1-2H3. The minimum atomic E-state index is -0.288. The maximum Gasteiger partial charge on any atom is 0.337 e. The molecule has 2 N–H and O–H groups in total. The number of hydrogen-bond donors (Lipinski definition) is 1. The molecule has 0 spiro atoms. The van der Waals surface area contributed by atoms with Crippen LogP contribution in [-0.2, 0) is 16.7 Å². The molecule has 0 fully saturated rings. The van der Waals surface area contributed by atoms with Gasteiger partial charge in [0, 0.05) is 5.54 Å². The molecule has 1 aliphatic rings. The van der Waals surface area contributed by atoms with Gasteiger partial charge in [0.25, 0.3) is 0 Å². The Hall–Kier alpha value is -1.35. The predicted molar refractivity (Wildman–Crippen MR) is 57.6 cm³/mol. The molecule has 3 heteroatoms. The molecule has 0 saturated heterocycles. The zero-order chi connectivity index (χ0) is 11.1. The smallest absolute Gasteiger partial charge is 0.337 e. The molecule has 80 valence electrons. The van der Waals surface area contributed by atoms with E-state index >= 15 is 0 Å². The summed E-state index contributed by atoms with van der Waals surface area (Å²) in [6, 6.07) is 5.61. The van der Waals surface area contributed by atoms with E-state index in [-0.39, 0.29) is 11.5 Å². The lowest BCUT2D eigenvalue weighted by Crippen LogP contribution is -2.29. The van der Waals surface area contributed by atoms with Crippen molar-refractivity contribution in [3.05, 3.63) is 34.9 Å². The number of rotatable bonds is 1. The Kier molecular flexibility index (Phi) is 2.27. The van der Waals surface area contributed by atoms with Crippen molar-refractivity contribution in [2.45, 2.75) is 25.3 Å². The number of esters is 1. The second-order valence-electron chi connectivity index (χ2n) is 4.28. The van der Waals surface area contributed by atoms with Gasteiger partial charge in [-0.05, 0) is 43.0 Å². The molecule has 0 bridgehead atoms. The van der Waals surface area contributed by atoms with E-state index in [0.717, 1.165) is 18.4 Å². The van der Waals surface area contributed by atoms with E-state index in [4.69, 9.17) is 5.73 Å². The summed E-state index contributed by atoms with van der Waals surface area (Å²) in [6.07, 6.45) is 1.88. The van der Waals surface area contributed by atoms with Crippen molar-refractivity contribution in [2.75, 3.05) is 7.11 Å². The summed E-state index contributed by atoms with van der Waals surface area (Å²) in [5.41, 5.74) is 8.81. The highest BCUT2D eigenvalue weighted by atomic mass is 16.5. The fraction of sp³-hybridized carbons (Fsp3) is 0.417. The van der Waals surface area contributed by atoms with E-state index in [9.17, 15) is 4.79 Å². The summed E-state index contributed by atoms with van der Waals surface area (Å²) < 4.78 is 4.68. The van der Waals surface area contributed by atoms with Crippen LogP contribution in [0.15, 0.2) is 18.2 Å². The van der Waals surface area contributed by atoms with Crippen molar-refractivity contribution in [3.63, 3.8) is 0 Å². The summed E-state index contributed by atoms with van der Waals surface area (Å²) in [5.74, 6) is -0.288. The number of methoxy groups -OCH3 is 1. The number of carbonyl (C=O) groups is 1. The van der Waals surface area contributed by atoms with E-state index in [2.05, 4.69) is 4.74 Å². The van der Waals surface area contributed by atoms with Gasteiger partial charge >= 0.3 is 5.97 Å². The van der Waals surface area contributed by atoms with E-state index in [1.54, 1.807) is 6.07 Å². The SMILES string of the molecule is COC(=O)c1ccc2c(c1)CCC2(C)N. The van der Waals surface area contributed by atoms with Gasteiger partial charge in [-0.2, -0.15) is 0 Å². The maximum atomic E-state index is 11.3. The molecular formula is C12H15NO2. The molecule has 0 aromatic heterocycles. The topological polar surface area (TPSA) is 52.3 Å². The number of fused-ring (bicyclic) bond motifs is 1. The van der Waals surface area contributed by atoms with Gasteiger partial charge < -0.3 is 10.5 Å². The Morgan fingerprint density at radius 2 is 2.27 bits per heavy atom. The van der Waals surface area contributed by atoms with E-state index in [1.165, 1.54) is 12.7 Å². The maximum absolute atomic E-state index is 11.3. The number of benzene rings is 1. The minimum Gasteiger partial charge on any atom is -0.465 e. The zero-order valence-corrected chi connectivity index (χ0v) is 9.04. The molecule has 0 aliphatic heterocycles. The molecule has 1 aromatic carbocycles. The number of aryl methyl sites for hydroxylation is 1. The lowest BCUT2D eigenvalue weighted by atomic mass is 9.95. The van der Waals surface area contributed by atoms with Crippen molar-refractivity contribution in [1.29, 1.82) is 0 Å². The van der Waals surface area contributed by atoms with Crippen molar-refractivity contribution >= 4 is 5.97 Å². The third-order valence-corrected chi connectivity index (χ3v) is 3.06. The lowest BCUT2D eigenvalue weighted by Gasteiger charge is -2.18. The number of carbonyl (C=O) groups excluding carboxylic acids is 1. The van der Waals surface area contributed by atoms with Crippen molar-refractivity contribution in [1.82, 2.24) is 0 Å². The average molecular weight is 205 g/mol. The Labute approximate surface area is 89.2 Å². The molecule has 0 radical (unpaired) electrons. The molecule has 1 unspecified atom stereocenters. The van der Waals surface area contributed by atoms with Gasteiger partial charge in [0.1, 0.15) is 0 Å². The van der Waals surface area contributed by atoms with E-state index < -0.39 is 0 Å². The van der Waals surface area contributed by atoms with Gasteiger partial charge in [-0.15, -0.1) is 0 Å². The monoisotopic (exact) mass is 205 g/mol. The molecule has 3 nitrogen and oxygen atoms in total. The summed E-state index contributed by atoms with van der Waals surface area (Å²) in [5, 5.41) is 0. The van der Waals surface area contributed by atoms with Crippen molar-refractivity contribution in [3.8, 4) is 0 Å². The third-order valence-electron chi connectivity index (χ3n) is 3.06. The molecule has 0 saturated carbocycles. The molecule has 1 aromatic rings. The summed E-state index contributed by atoms with van der Waals surface area (Å²) >= 11 is 0. The Morgan fingerprint density at radius 3 is 2.93 bits per heavy atom. The van der Waals surface area contributed by atoms with Gasteiger partial charge in [-0.3, -0.25) is 0 Å². The number of nitrogens with two attached hydrogens (primary N) is 1. The summed E-state index contributed by atoms with van der Waals surface area (Å²) in [7, 11) is 1.39. The number of hydrogen-bond acceptors (Lipinski definition) is 3. The largest absolute Gasteiger partial charge is 0.465 e. The fourth-order valence-electron chi connectivity index (χ4n) is 2.13. The predicted octanol–water partition coefficient (Wildman–Crippen LogP) is 1.59. The van der Waals surface area contributed by atoms with Crippen LogP contribution < -0.4 is 5.73 Å². The molecule has 2 rings (SSSR count). The second kappa shape index (κ2) is 3.35. The molecule has 0 heterocycles. The van der Waals surface area contributed by atoms with Crippen LogP contribution in [0.25, 0.3) is 0 Å². The molecule has 1 atom stereocenters. The van der Waals surface area contributed by atoms with Crippen LogP contribution in [0, 0.1) is 0 Å². The second-order valence-corrected chi connectivity index (χ2v) is 4.28. The van der Waals surface area contributed by atoms with Crippen LogP contribution in [0.4, 0.5) is 0 Å².